The Morgan fingerprint density at radius 2 is 1.89 bits per heavy atom. The summed E-state index contributed by atoms with van der Waals surface area (Å²) in [7, 11) is 0. The van der Waals surface area contributed by atoms with Gasteiger partial charge in [0.05, 0.1) is 5.69 Å². The minimum atomic E-state index is 0.819. The molecule has 3 heterocycles. The summed E-state index contributed by atoms with van der Waals surface area (Å²) in [5.74, 6) is 1.69. The van der Waals surface area contributed by atoms with Crippen molar-refractivity contribution in [3.8, 4) is 0 Å². The van der Waals surface area contributed by atoms with Crippen LogP contribution in [0.3, 0.4) is 0 Å². The highest BCUT2D eigenvalue weighted by Crippen LogP contribution is 2.12. The van der Waals surface area contributed by atoms with Crippen LogP contribution in [-0.2, 0) is 6.54 Å². The number of anilines is 1. The van der Waals surface area contributed by atoms with E-state index >= 15 is 0 Å². The molecule has 0 unspecified atom stereocenters. The second-order valence-electron chi connectivity index (χ2n) is 4.74. The summed E-state index contributed by atoms with van der Waals surface area (Å²) in [6, 6.07) is 3.83. The van der Waals surface area contributed by atoms with Crippen LogP contribution >= 0.6 is 0 Å². The molecule has 1 aliphatic rings. The minimum absolute atomic E-state index is 0.819. The highest BCUT2D eigenvalue weighted by molar-refractivity contribution is 5.29. The standard InChI is InChI=1S/C13H17N5O/c1-11-9-12(16-19-11)10-17-5-7-18(8-6-17)13-14-3-2-4-15-13/h2-4,9H,5-8,10H2,1H3. The molecule has 0 spiro atoms. The van der Waals surface area contributed by atoms with Crippen LogP contribution in [0.2, 0.25) is 0 Å². The van der Waals surface area contributed by atoms with E-state index in [-0.39, 0.29) is 0 Å². The molecule has 2 aromatic rings. The van der Waals surface area contributed by atoms with Crippen molar-refractivity contribution in [3.05, 3.63) is 36.0 Å². The average Bonchev–Trinajstić information content (AvgIpc) is 2.86. The first-order valence-electron chi connectivity index (χ1n) is 6.48. The molecule has 0 bridgehead atoms. The number of aromatic nitrogens is 3. The molecule has 1 fully saturated rings. The summed E-state index contributed by atoms with van der Waals surface area (Å²) in [5, 5.41) is 4.03. The molecule has 19 heavy (non-hydrogen) atoms. The zero-order valence-electron chi connectivity index (χ0n) is 11.0. The molecular weight excluding hydrogens is 242 g/mol. The third kappa shape index (κ3) is 2.90. The molecule has 0 saturated carbocycles. The van der Waals surface area contributed by atoms with E-state index in [1.54, 1.807) is 12.4 Å². The highest BCUT2D eigenvalue weighted by Gasteiger charge is 2.19. The Morgan fingerprint density at radius 1 is 1.16 bits per heavy atom. The van der Waals surface area contributed by atoms with Crippen LogP contribution < -0.4 is 4.90 Å². The number of hydrogen-bond acceptors (Lipinski definition) is 6. The second-order valence-corrected chi connectivity index (χ2v) is 4.74. The van der Waals surface area contributed by atoms with Gasteiger partial charge in [0.2, 0.25) is 5.95 Å². The predicted molar refractivity (Wildman–Crippen MR) is 70.8 cm³/mol. The third-order valence-corrected chi connectivity index (χ3v) is 3.27. The lowest BCUT2D eigenvalue weighted by Crippen LogP contribution is -2.46. The van der Waals surface area contributed by atoms with Crippen molar-refractivity contribution in [2.24, 2.45) is 0 Å². The van der Waals surface area contributed by atoms with Crippen molar-refractivity contribution < 1.29 is 4.52 Å². The Kier molecular flexibility index (Phi) is 3.41. The average molecular weight is 259 g/mol. The number of hydrogen-bond donors (Lipinski definition) is 0. The predicted octanol–water partition coefficient (Wildman–Crippen LogP) is 1.10. The first kappa shape index (κ1) is 12.1. The summed E-state index contributed by atoms with van der Waals surface area (Å²) in [5.41, 5.74) is 1.00. The Labute approximate surface area is 112 Å². The molecule has 2 aromatic heterocycles. The van der Waals surface area contributed by atoms with Gasteiger partial charge in [-0.3, -0.25) is 4.90 Å². The number of aryl methyl sites for hydroxylation is 1. The maximum atomic E-state index is 5.09. The summed E-state index contributed by atoms with van der Waals surface area (Å²) in [6.07, 6.45) is 3.57. The van der Waals surface area contributed by atoms with E-state index in [0.717, 1.165) is 50.1 Å². The van der Waals surface area contributed by atoms with Gasteiger partial charge in [0, 0.05) is 51.2 Å². The van der Waals surface area contributed by atoms with E-state index in [1.807, 2.05) is 19.1 Å². The molecule has 0 aromatic carbocycles. The quantitative estimate of drug-likeness (QED) is 0.822. The smallest absolute Gasteiger partial charge is 0.225 e. The lowest BCUT2D eigenvalue weighted by atomic mass is 10.3. The second kappa shape index (κ2) is 5.36. The zero-order valence-corrected chi connectivity index (χ0v) is 11.0. The third-order valence-electron chi connectivity index (χ3n) is 3.27. The van der Waals surface area contributed by atoms with Gasteiger partial charge in [-0.1, -0.05) is 5.16 Å². The van der Waals surface area contributed by atoms with E-state index in [1.165, 1.54) is 0 Å². The Balaban J connectivity index is 1.55. The van der Waals surface area contributed by atoms with Gasteiger partial charge < -0.3 is 9.42 Å². The van der Waals surface area contributed by atoms with Crippen molar-refractivity contribution in [1.29, 1.82) is 0 Å². The van der Waals surface area contributed by atoms with Crippen LogP contribution in [0.5, 0.6) is 0 Å². The van der Waals surface area contributed by atoms with Crippen LogP contribution in [0, 0.1) is 6.92 Å². The van der Waals surface area contributed by atoms with Gasteiger partial charge in [-0.2, -0.15) is 0 Å². The molecule has 0 atom stereocenters. The molecule has 0 N–H and O–H groups in total. The van der Waals surface area contributed by atoms with Gasteiger partial charge in [-0.25, -0.2) is 9.97 Å². The van der Waals surface area contributed by atoms with Crippen LogP contribution in [0.25, 0.3) is 0 Å². The lowest BCUT2D eigenvalue weighted by molar-refractivity contribution is 0.240. The van der Waals surface area contributed by atoms with Gasteiger partial charge in [0.15, 0.2) is 0 Å². The molecule has 0 aliphatic carbocycles. The van der Waals surface area contributed by atoms with Gasteiger partial charge >= 0.3 is 0 Å². The minimum Gasteiger partial charge on any atom is -0.361 e. The van der Waals surface area contributed by atoms with E-state index in [9.17, 15) is 0 Å². The molecular formula is C13H17N5O. The summed E-state index contributed by atoms with van der Waals surface area (Å²) in [6.45, 7) is 6.64. The summed E-state index contributed by atoms with van der Waals surface area (Å²) < 4.78 is 5.09. The highest BCUT2D eigenvalue weighted by atomic mass is 16.5. The van der Waals surface area contributed by atoms with Gasteiger partial charge in [-0.05, 0) is 13.0 Å². The van der Waals surface area contributed by atoms with Crippen LogP contribution in [0.1, 0.15) is 11.5 Å². The zero-order chi connectivity index (χ0) is 13.1. The van der Waals surface area contributed by atoms with Crippen molar-refractivity contribution in [2.45, 2.75) is 13.5 Å². The van der Waals surface area contributed by atoms with Crippen LogP contribution in [0.4, 0.5) is 5.95 Å². The number of nitrogens with zero attached hydrogens (tertiary/aromatic N) is 5. The van der Waals surface area contributed by atoms with E-state index in [4.69, 9.17) is 4.52 Å². The Morgan fingerprint density at radius 3 is 2.53 bits per heavy atom. The van der Waals surface area contributed by atoms with Crippen molar-refractivity contribution in [2.75, 3.05) is 31.1 Å². The number of rotatable bonds is 3. The Bertz CT molecular complexity index is 519. The molecule has 100 valence electrons. The molecule has 1 aliphatic heterocycles. The topological polar surface area (TPSA) is 58.3 Å². The fourth-order valence-electron chi connectivity index (χ4n) is 2.28. The fraction of sp³-hybridized carbons (Fsp3) is 0.462. The molecule has 3 rings (SSSR count). The molecule has 0 radical (unpaired) electrons. The largest absolute Gasteiger partial charge is 0.361 e. The summed E-state index contributed by atoms with van der Waals surface area (Å²) >= 11 is 0. The van der Waals surface area contributed by atoms with Gasteiger partial charge in [0.1, 0.15) is 5.76 Å². The molecule has 6 heteroatoms. The molecule has 6 nitrogen and oxygen atoms in total. The van der Waals surface area contributed by atoms with Gasteiger partial charge in [-0.15, -0.1) is 0 Å². The summed E-state index contributed by atoms with van der Waals surface area (Å²) in [4.78, 5) is 13.2. The lowest BCUT2D eigenvalue weighted by Gasteiger charge is -2.34. The van der Waals surface area contributed by atoms with E-state index in [0.29, 0.717) is 0 Å². The SMILES string of the molecule is Cc1cc(CN2CCN(c3ncccn3)CC2)no1. The maximum absolute atomic E-state index is 5.09. The molecule has 1 saturated heterocycles. The van der Waals surface area contributed by atoms with Crippen LogP contribution in [0.15, 0.2) is 29.0 Å². The first-order valence-corrected chi connectivity index (χ1v) is 6.48. The van der Waals surface area contributed by atoms with Crippen molar-refractivity contribution in [1.82, 2.24) is 20.0 Å². The van der Waals surface area contributed by atoms with Crippen molar-refractivity contribution >= 4 is 5.95 Å². The van der Waals surface area contributed by atoms with E-state index < -0.39 is 0 Å². The molecule has 0 amide bonds. The number of piperazine rings is 1. The first-order chi connectivity index (χ1) is 9.31. The Hall–Kier alpha value is -1.95. The maximum Gasteiger partial charge on any atom is 0.225 e. The monoisotopic (exact) mass is 259 g/mol. The van der Waals surface area contributed by atoms with Crippen molar-refractivity contribution in [3.63, 3.8) is 0 Å². The normalized spacial score (nSPS) is 16.8. The van der Waals surface area contributed by atoms with Gasteiger partial charge in [0.25, 0.3) is 0 Å². The fourth-order valence-corrected chi connectivity index (χ4v) is 2.28. The van der Waals surface area contributed by atoms with Crippen LogP contribution in [-0.4, -0.2) is 46.2 Å². The van der Waals surface area contributed by atoms with E-state index in [2.05, 4.69) is 24.9 Å².